The molecule has 0 saturated carbocycles. The second kappa shape index (κ2) is 6.15. The quantitative estimate of drug-likeness (QED) is 0.619. The third-order valence-corrected chi connectivity index (χ3v) is 4.99. The standard InChI is InChI=1S/C13H26N4S/c1-13(2)4-3-6-17(13)7-5-15-12(14)16-8-10-18-11-9-16/h3-11H2,1-2H3,(H2,14,15). The van der Waals surface area contributed by atoms with Gasteiger partial charge in [0.1, 0.15) is 0 Å². The molecule has 2 rings (SSSR count). The summed E-state index contributed by atoms with van der Waals surface area (Å²) in [7, 11) is 0. The van der Waals surface area contributed by atoms with E-state index in [1.54, 1.807) is 0 Å². The Hall–Kier alpha value is -0.420. The molecule has 0 aromatic carbocycles. The van der Waals surface area contributed by atoms with Crippen LogP contribution in [0.3, 0.4) is 0 Å². The highest BCUT2D eigenvalue weighted by atomic mass is 32.2. The van der Waals surface area contributed by atoms with Gasteiger partial charge in [-0.3, -0.25) is 9.89 Å². The number of rotatable bonds is 3. The van der Waals surface area contributed by atoms with E-state index in [1.807, 2.05) is 11.8 Å². The van der Waals surface area contributed by atoms with Gasteiger partial charge >= 0.3 is 0 Å². The second-order valence-electron chi connectivity index (χ2n) is 5.74. The topological polar surface area (TPSA) is 44.9 Å². The molecule has 0 unspecified atom stereocenters. The van der Waals surface area contributed by atoms with Crippen LogP contribution < -0.4 is 5.73 Å². The van der Waals surface area contributed by atoms with E-state index in [0.717, 1.165) is 32.1 Å². The summed E-state index contributed by atoms with van der Waals surface area (Å²) < 4.78 is 0. The summed E-state index contributed by atoms with van der Waals surface area (Å²) in [5, 5.41) is 0. The van der Waals surface area contributed by atoms with Gasteiger partial charge in [0.05, 0.1) is 6.54 Å². The Morgan fingerprint density at radius 1 is 1.28 bits per heavy atom. The lowest BCUT2D eigenvalue weighted by Gasteiger charge is -2.31. The molecule has 0 atom stereocenters. The number of aliphatic imine (C=N–C) groups is 1. The van der Waals surface area contributed by atoms with Crippen molar-refractivity contribution in [3.63, 3.8) is 0 Å². The van der Waals surface area contributed by atoms with Crippen LogP contribution in [-0.4, -0.2) is 65.5 Å². The summed E-state index contributed by atoms with van der Waals surface area (Å²) in [5.74, 6) is 3.09. The molecule has 0 aliphatic carbocycles. The second-order valence-corrected chi connectivity index (χ2v) is 6.97. The molecule has 4 nitrogen and oxygen atoms in total. The van der Waals surface area contributed by atoms with Crippen molar-refractivity contribution in [2.75, 3.05) is 44.2 Å². The normalized spacial score (nSPS) is 25.7. The first kappa shape index (κ1) is 14.0. The molecule has 0 bridgehead atoms. The van der Waals surface area contributed by atoms with E-state index in [1.165, 1.54) is 30.9 Å². The van der Waals surface area contributed by atoms with Crippen LogP contribution in [0.25, 0.3) is 0 Å². The lowest BCUT2D eigenvalue weighted by molar-refractivity contribution is 0.180. The van der Waals surface area contributed by atoms with Crippen molar-refractivity contribution in [2.24, 2.45) is 10.7 Å². The highest BCUT2D eigenvalue weighted by Gasteiger charge is 2.30. The minimum Gasteiger partial charge on any atom is -0.370 e. The maximum atomic E-state index is 6.05. The van der Waals surface area contributed by atoms with Crippen molar-refractivity contribution >= 4 is 17.7 Å². The zero-order chi connectivity index (χ0) is 13.0. The number of hydrogen-bond acceptors (Lipinski definition) is 3. The predicted octanol–water partition coefficient (Wildman–Crippen LogP) is 1.22. The average Bonchev–Trinajstić information content (AvgIpc) is 2.70. The van der Waals surface area contributed by atoms with Gasteiger partial charge in [-0.25, -0.2) is 0 Å². The molecule has 104 valence electrons. The zero-order valence-corrected chi connectivity index (χ0v) is 12.5. The van der Waals surface area contributed by atoms with E-state index in [4.69, 9.17) is 5.73 Å². The van der Waals surface area contributed by atoms with Crippen LogP contribution in [0.15, 0.2) is 4.99 Å². The average molecular weight is 270 g/mol. The van der Waals surface area contributed by atoms with Crippen molar-refractivity contribution in [1.82, 2.24) is 9.80 Å². The molecule has 2 aliphatic rings. The molecular weight excluding hydrogens is 244 g/mol. The van der Waals surface area contributed by atoms with Gasteiger partial charge < -0.3 is 10.6 Å². The van der Waals surface area contributed by atoms with Crippen LogP contribution >= 0.6 is 11.8 Å². The van der Waals surface area contributed by atoms with Crippen LogP contribution in [0.5, 0.6) is 0 Å². The molecule has 2 heterocycles. The Balaban J connectivity index is 1.76. The number of hydrogen-bond donors (Lipinski definition) is 1. The Morgan fingerprint density at radius 3 is 2.61 bits per heavy atom. The minimum absolute atomic E-state index is 0.353. The first-order chi connectivity index (χ1) is 8.59. The smallest absolute Gasteiger partial charge is 0.191 e. The fourth-order valence-corrected chi connectivity index (χ4v) is 3.66. The van der Waals surface area contributed by atoms with Gasteiger partial charge in [0, 0.05) is 36.7 Å². The molecule has 0 aromatic rings. The maximum absolute atomic E-state index is 6.05. The van der Waals surface area contributed by atoms with Gasteiger partial charge in [0.25, 0.3) is 0 Å². The molecule has 0 radical (unpaired) electrons. The lowest BCUT2D eigenvalue weighted by atomic mass is 10.0. The molecule has 2 N–H and O–H groups in total. The first-order valence-corrected chi connectivity index (χ1v) is 8.13. The van der Waals surface area contributed by atoms with Gasteiger partial charge in [-0.05, 0) is 33.2 Å². The molecule has 5 heteroatoms. The monoisotopic (exact) mass is 270 g/mol. The van der Waals surface area contributed by atoms with E-state index in [9.17, 15) is 0 Å². The van der Waals surface area contributed by atoms with E-state index in [-0.39, 0.29) is 0 Å². The van der Waals surface area contributed by atoms with E-state index in [2.05, 4.69) is 28.6 Å². The van der Waals surface area contributed by atoms with Crippen molar-refractivity contribution in [2.45, 2.75) is 32.2 Å². The third-order valence-electron chi connectivity index (χ3n) is 4.05. The van der Waals surface area contributed by atoms with Gasteiger partial charge in [-0.1, -0.05) is 0 Å². The Kier molecular flexibility index (Phi) is 4.78. The SMILES string of the molecule is CC1(C)CCCN1CCN=C(N)N1CCSCC1. The van der Waals surface area contributed by atoms with Crippen LogP contribution in [0.4, 0.5) is 0 Å². The number of thioether (sulfide) groups is 1. The van der Waals surface area contributed by atoms with Crippen molar-refractivity contribution in [3.05, 3.63) is 0 Å². The molecule has 2 saturated heterocycles. The van der Waals surface area contributed by atoms with Gasteiger partial charge in [-0.2, -0.15) is 11.8 Å². The van der Waals surface area contributed by atoms with Gasteiger partial charge in [0.15, 0.2) is 5.96 Å². The highest BCUT2D eigenvalue weighted by molar-refractivity contribution is 7.99. The fraction of sp³-hybridized carbons (Fsp3) is 0.923. The van der Waals surface area contributed by atoms with Crippen LogP contribution in [0.1, 0.15) is 26.7 Å². The van der Waals surface area contributed by atoms with E-state index < -0.39 is 0 Å². The minimum atomic E-state index is 0.353. The lowest BCUT2D eigenvalue weighted by Crippen LogP contribution is -2.43. The third kappa shape index (κ3) is 3.54. The largest absolute Gasteiger partial charge is 0.370 e. The maximum Gasteiger partial charge on any atom is 0.191 e. The number of likely N-dealkylation sites (tertiary alicyclic amines) is 1. The van der Waals surface area contributed by atoms with Crippen molar-refractivity contribution in [1.29, 1.82) is 0 Å². The van der Waals surface area contributed by atoms with Crippen LogP contribution in [0.2, 0.25) is 0 Å². The summed E-state index contributed by atoms with van der Waals surface area (Å²) in [6.07, 6.45) is 2.62. The summed E-state index contributed by atoms with van der Waals surface area (Å²) >= 11 is 2.00. The number of nitrogens with two attached hydrogens (primary N) is 1. The van der Waals surface area contributed by atoms with Gasteiger partial charge in [-0.15, -0.1) is 0 Å². The number of nitrogens with zero attached hydrogens (tertiary/aromatic N) is 3. The summed E-state index contributed by atoms with van der Waals surface area (Å²) in [4.78, 5) is 9.30. The molecular formula is C13H26N4S. The predicted molar refractivity (Wildman–Crippen MR) is 80.3 cm³/mol. The van der Waals surface area contributed by atoms with Crippen molar-refractivity contribution in [3.8, 4) is 0 Å². The van der Waals surface area contributed by atoms with Crippen LogP contribution in [0, 0.1) is 0 Å². The molecule has 18 heavy (non-hydrogen) atoms. The van der Waals surface area contributed by atoms with E-state index in [0.29, 0.717) is 5.54 Å². The Labute approximate surface area is 115 Å². The summed E-state index contributed by atoms with van der Waals surface area (Å²) in [6.45, 7) is 9.84. The summed E-state index contributed by atoms with van der Waals surface area (Å²) in [5.41, 5.74) is 6.40. The molecule has 2 fully saturated rings. The Bertz CT molecular complexity index is 297. The molecule has 0 aromatic heterocycles. The molecule has 2 aliphatic heterocycles. The van der Waals surface area contributed by atoms with E-state index >= 15 is 0 Å². The molecule has 0 amide bonds. The first-order valence-electron chi connectivity index (χ1n) is 6.97. The van der Waals surface area contributed by atoms with Crippen LogP contribution in [-0.2, 0) is 0 Å². The number of guanidine groups is 1. The highest BCUT2D eigenvalue weighted by Crippen LogP contribution is 2.27. The molecule has 0 spiro atoms. The fourth-order valence-electron chi connectivity index (χ4n) is 2.76. The summed E-state index contributed by atoms with van der Waals surface area (Å²) in [6, 6.07) is 0. The van der Waals surface area contributed by atoms with Crippen molar-refractivity contribution < 1.29 is 0 Å². The van der Waals surface area contributed by atoms with Gasteiger partial charge in [0.2, 0.25) is 0 Å². The Morgan fingerprint density at radius 2 is 2.00 bits per heavy atom. The zero-order valence-electron chi connectivity index (χ0n) is 11.7.